The second-order valence-corrected chi connectivity index (χ2v) is 8.64. The molecular formula is C23H22N2O4S. The van der Waals surface area contributed by atoms with Crippen molar-refractivity contribution in [2.75, 3.05) is 6.26 Å². The Morgan fingerprint density at radius 2 is 2.03 bits per heavy atom. The number of cyclic esters (lactones) is 1. The molecule has 7 heteroatoms. The van der Waals surface area contributed by atoms with E-state index in [0.29, 0.717) is 23.4 Å². The van der Waals surface area contributed by atoms with Crippen LogP contribution in [0.4, 0.5) is 0 Å². The van der Waals surface area contributed by atoms with E-state index < -0.39 is 11.6 Å². The summed E-state index contributed by atoms with van der Waals surface area (Å²) in [5.74, 6) is -0.703. The van der Waals surface area contributed by atoms with Gasteiger partial charge in [0, 0.05) is 21.4 Å². The van der Waals surface area contributed by atoms with Gasteiger partial charge in [-0.3, -0.25) is 4.79 Å². The molecule has 0 radical (unpaired) electrons. The highest BCUT2D eigenvalue weighted by atomic mass is 32.2. The van der Waals surface area contributed by atoms with E-state index in [4.69, 9.17) is 9.72 Å². The second kappa shape index (κ2) is 6.68. The van der Waals surface area contributed by atoms with Crippen LogP contribution in [0.25, 0.3) is 22.3 Å². The first kappa shape index (κ1) is 19.3. The minimum atomic E-state index is -1.80. The number of rotatable bonds is 3. The topological polar surface area (TPSA) is 81.4 Å². The van der Waals surface area contributed by atoms with Crippen LogP contribution in [0.5, 0.6) is 0 Å². The predicted molar refractivity (Wildman–Crippen MR) is 116 cm³/mol. The minimum absolute atomic E-state index is 0.112. The van der Waals surface area contributed by atoms with Gasteiger partial charge in [0.25, 0.3) is 5.56 Å². The van der Waals surface area contributed by atoms with Gasteiger partial charge in [-0.15, -0.1) is 11.8 Å². The quantitative estimate of drug-likeness (QED) is 0.403. The van der Waals surface area contributed by atoms with Crippen LogP contribution in [0.3, 0.4) is 0 Å². The lowest BCUT2D eigenvalue weighted by molar-refractivity contribution is -0.172. The number of fused-ring (bicyclic) bond motifs is 5. The molecule has 2 aromatic heterocycles. The van der Waals surface area contributed by atoms with E-state index in [-0.39, 0.29) is 18.6 Å². The van der Waals surface area contributed by atoms with Crippen molar-refractivity contribution in [2.45, 2.75) is 50.3 Å². The molecule has 1 aromatic carbocycles. The Kier molecular flexibility index (Phi) is 4.31. The standard InChI is InChI=1S/C23H22N2O4S/c1-4-13-14-7-6-12(30-3)8-18(14)24-20-15(13)10-25-19(20)9-17-16(21(25)26)11-29-22(27)23(17,28)5-2/h6-9,28H,4-5,10-11H2,1-3H3/t23-/m0/s1. The molecule has 6 nitrogen and oxygen atoms in total. The molecular weight excluding hydrogens is 400 g/mol. The Morgan fingerprint density at radius 1 is 1.23 bits per heavy atom. The number of nitrogens with zero attached hydrogens (tertiary/aromatic N) is 2. The third-order valence-corrected chi connectivity index (χ3v) is 7.09. The normalized spacial score (nSPS) is 19.4. The van der Waals surface area contributed by atoms with E-state index in [1.807, 2.05) is 6.26 Å². The number of ether oxygens (including phenoxy) is 1. The van der Waals surface area contributed by atoms with Gasteiger partial charge in [0.2, 0.25) is 0 Å². The van der Waals surface area contributed by atoms with Gasteiger partial charge in [-0.25, -0.2) is 9.78 Å². The highest BCUT2D eigenvalue weighted by Crippen LogP contribution is 2.40. The van der Waals surface area contributed by atoms with Gasteiger partial charge >= 0.3 is 5.97 Å². The number of aliphatic hydroxyl groups is 1. The van der Waals surface area contributed by atoms with Gasteiger partial charge in [0.15, 0.2) is 5.60 Å². The van der Waals surface area contributed by atoms with E-state index in [1.54, 1.807) is 29.3 Å². The number of carbonyl (C=O) groups excluding carboxylic acids is 1. The molecule has 1 atom stereocenters. The Balaban J connectivity index is 1.83. The molecule has 2 aliphatic rings. The zero-order valence-electron chi connectivity index (χ0n) is 17.1. The highest BCUT2D eigenvalue weighted by molar-refractivity contribution is 7.98. The van der Waals surface area contributed by atoms with Crippen LogP contribution >= 0.6 is 11.8 Å². The van der Waals surface area contributed by atoms with Crippen molar-refractivity contribution in [2.24, 2.45) is 0 Å². The molecule has 0 amide bonds. The first-order valence-electron chi connectivity index (χ1n) is 10.1. The van der Waals surface area contributed by atoms with E-state index in [1.165, 1.54) is 5.56 Å². The summed E-state index contributed by atoms with van der Waals surface area (Å²) in [5, 5.41) is 12.1. The molecule has 0 spiro atoms. The SMILES string of the molecule is CCc1c2c(nc3cc(SC)ccc13)-c1cc3c(c(=O)n1C2)COC(=O)[C@]3(O)CC. The van der Waals surface area contributed by atoms with Crippen LogP contribution in [-0.4, -0.2) is 26.9 Å². The van der Waals surface area contributed by atoms with Crippen molar-refractivity contribution in [3.8, 4) is 11.4 Å². The molecule has 154 valence electrons. The molecule has 5 rings (SSSR count). The van der Waals surface area contributed by atoms with Gasteiger partial charge in [0.1, 0.15) is 6.61 Å². The number of esters is 1. The van der Waals surface area contributed by atoms with Crippen molar-refractivity contribution in [3.05, 3.63) is 56.9 Å². The molecule has 1 N–H and O–H groups in total. The molecule has 0 aliphatic carbocycles. The smallest absolute Gasteiger partial charge is 0.343 e. The molecule has 3 aromatic rings. The summed E-state index contributed by atoms with van der Waals surface area (Å²) in [6.07, 6.45) is 2.99. The molecule has 0 saturated heterocycles. The average Bonchev–Trinajstić information content (AvgIpc) is 3.13. The number of carbonyl (C=O) groups is 1. The fraction of sp³-hybridized carbons (Fsp3) is 0.348. The van der Waals surface area contributed by atoms with Gasteiger partial charge in [0.05, 0.1) is 29.0 Å². The Bertz CT molecular complexity index is 1300. The predicted octanol–water partition coefficient (Wildman–Crippen LogP) is 3.36. The van der Waals surface area contributed by atoms with Crippen LogP contribution in [-0.2, 0) is 34.7 Å². The van der Waals surface area contributed by atoms with Gasteiger partial charge in [-0.05, 0) is 42.9 Å². The Morgan fingerprint density at radius 3 is 2.73 bits per heavy atom. The number of hydrogen-bond donors (Lipinski definition) is 1. The van der Waals surface area contributed by atoms with E-state index in [9.17, 15) is 14.7 Å². The Hall–Kier alpha value is -2.64. The summed E-state index contributed by atoms with van der Waals surface area (Å²) >= 11 is 1.66. The summed E-state index contributed by atoms with van der Waals surface area (Å²) in [7, 11) is 0. The number of pyridine rings is 2. The van der Waals surface area contributed by atoms with Crippen molar-refractivity contribution in [3.63, 3.8) is 0 Å². The van der Waals surface area contributed by atoms with E-state index in [2.05, 4.69) is 25.1 Å². The second-order valence-electron chi connectivity index (χ2n) is 7.76. The molecule has 0 saturated carbocycles. The highest BCUT2D eigenvalue weighted by Gasteiger charge is 2.45. The van der Waals surface area contributed by atoms with Crippen LogP contribution in [0.2, 0.25) is 0 Å². The third kappa shape index (κ3) is 2.45. The van der Waals surface area contributed by atoms with Crippen molar-refractivity contribution in [1.29, 1.82) is 0 Å². The zero-order chi connectivity index (χ0) is 21.2. The minimum Gasteiger partial charge on any atom is -0.458 e. The Labute approximate surface area is 177 Å². The summed E-state index contributed by atoms with van der Waals surface area (Å²) in [4.78, 5) is 31.7. The lowest BCUT2D eigenvalue weighted by atomic mass is 9.86. The average molecular weight is 423 g/mol. The van der Waals surface area contributed by atoms with Crippen molar-refractivity contribution in [1.82, 2.24) is 9.55 Å². The maximum Gasteiger partial charge on any atom is 0.343 e. The monoisotopic (exact) mass is 422 g/mol. The summed E-state index contributed by atoms with van der Waals surface area (Å²) < 4.78 is 6.84. The number of benzene rings is 1. The van der Waals surface area contributed by atoms with Crippen molar-refractivity contribution < 1.29 is 14.6 Å². The first-order chi connectivity index (χ1) is 14.4. The summed E-state index contributed by atoms with van der Waals surface area (Å²) in [6, 6.07) is 8.03. The first-order valence-corrected chi connectivity index (χ1v) is 11.3. The largest absolute Gasteiger partial charge is 0.458 e. The van der Waals surface area contributed by atoms with Gasteiger partial charge in [-0.2, -0.15) is 0 Å². The fourth-order valence-electron chi connectivity index (χ4n) is 4.68. The van der Waals surface area contributed by atoms with Crippen molar-refractivity contribution >= 4 is 28.6 Å². The lowest BCUT2D eigenvalue weighted by Gasteiger charge is -2.31. The van der Waals surface area contributed by atoms with Crippen LogP contribution in [0, 0.1) is 0 Å². The molecule has 0 unspecified atom stereocenters. The maximum atomic E-state index is 13.3. The zero-order valence-corrected chi connectivity index (χ0v) is 17.9. The molecule has 0 fully saturated rings. The number of hydrogen-bond acceptors (Lipinski definition) is 6. The number of aryl methyl sites for hydroxylation is 1. The van der Waals surface area contributed by atoms with Crippen LogP contribution in [0.1, 0.15) is 42.5 Å². The number of thioether (sulfide) groups is 1. The molecule has 0 bridgehead atoms. The molecule has 30 heavy (non-hydrogen) atoms. The van der Waals surface area contributed by atoms with Gasteiger partial charge in [-0.1, -0.05) is 19.9 Å². The number of aromatic nitrogens is 2. The van der Waals surface area contributed by atoms with Crippen LogP contribution < -0.4 is 5.56 Å². The lowest BCUT2D eigenvalue weighted by Crippen LogP contribution is -2.44. The van der Waals surface area contributed by atoms with Gasteiger partial charge < -0.3 is 14.4 Å². The molecule has 4 heterocycles. The summed E-state index contributed by atoms with van der Waals surface area (Å²) in [5.41, 5.74) is 3.19. The fourth-order valence-corrected chi connectivity index (χ4v) is 5.11. The van der Waals surface area contributed by atoms with E-state index >= 15 is 0 Å². The third-order valence-electron chi connectivity index (χ3n) is 6.37. The summed E-state index contributed by atoms with van der Waals surface area (Å²) in [6.45, 7) is 4.14. The maximum absolute atomic E-state index is 13.3. The van der Waals surface area contributed by atoms with Crippen LogP contribution in [0.15, 0.2) is 34.0 Å². The van der Waals surface area contributed by atoms with E-state index in [0.717, 1.165) is 33.5 Å². The molecule has 2 aliphatic heterocycles.